The van der Waals surface area contributed by atoms with Crippen LogP contribution in [-0.4, -0.2) is 29.1 Å². The Kier molecular flexibility index (Phi) is 4.71. The van der Waals surface area contributed by atoms with Gasteiger partial charge in [-0.05, 0) is 39.7 Å². The quantitative estimate of drug-likeness (QED) is 0.856. The summed E-state index contributed by atoms with van der Waals surface area (Å²) in [6, 6.07) is 2.20. The zero-order valence-corrected chi connectivity index (χ0v) is 14.8. The molecule has 0 aromatic carbocycles. The highest BCUT2D eigenvalue weighted by atomic mass is 32.1. The van der Waals surface area contributed by atoms with E-state index < -0.39 is 0 Å². The molecule has 0 aliphatic heterocycles. The molecule has 0 atom stereocenters. The second kappa shape index (κ2) is 6.18. The molecule has 2 aromatic heterocycles. The standard InChI is InChI=1S/C16H26N4S/c1-7-9-17-15-18-13(20(6)16(4,5)8-2)12-10-11(3)21-14(12)19-15/h10H,7-9H2,1-6H3,(H,17,18,19). The van der Waals surface area contributed by atoms with Crippen molar-refractivity contribution < 1.29 is 0 Å². The highest BCUT2D eigenvalue weighted by Gasteiger charge is 2.25. The van der Waals surface area contributed by atoms with Crippen molar-refractivity contribution in [3.63, 3.8) is 0 Å². The lowest BCUT2D eigenvalue weighted by Gasteiger charge is -2.36. The number of aryl methyl sites for hydroxylation is 1. The van der Waals surface area contributed by atoms with E-state index in [1.54, 1.807) is 11.3 Å². The first kappa shape index (κ1) is 16.0. The summed E-state index contributed by atoms with van der Waals surface area (Å²) >= 11 is 1.73. The van der Waals surface area contributed by atoms with Gasteiger partial charge in [0.25, 0.3) is 0 Å². The molecule has 0 saturated carbocycles. The van der Waals surface area contributed by atoms with Gasteiger partial charge in [-0.15, -0.1) is 11.3 Å². The van der Waals surface area contributed by atoms with Crippen molar-refractivity contribution in [2.75, 3.05) is 23.8 Å². The van der Waals surface area contributed by atoms with Crippen LogP contribution in [-0.2, 0) is 0 Å². The minimum absolute atomic E-state index is 0.0686. The molecule has 0 fully saturated rings. The van der Waals surface area contributed by atoms with Gasteiger partial charge in [0.05, 0.1) is 5.39 Å². The molecule has 0 saturated heterocycles. The molecule has 0 spiro atoms. The molecule has 4 nitrogen and oxygen atoms in total. The van der Waals surface area contributed by atoms with Crippen LogP contribution in [0.25, 0.3) is 10.2 Å². The highest BCUT2D eigenvalue weighted by Crippen LogP contribution is 2.34. The Morgan fingerprint density at radius 1 is 1.29 bits per heavy atom. The van der Waals surface area contributed by atoms with Crippen molar-refractivity contribution in [2.45, 2.75) is 53.0 Å². The number of thiophene rings is 1. The number of fused-ring (bicyclic) bond motifs is 1. The average molecular weight is 306 g/mol. The van der Waals surface area contributed by atoms with Gasteiger partial charge >= 0.3 is 0 Å². The summed E-state index contributed by atoms with van der Waals surface area (Å²) in [5.41, 5.74) is 0.0686. The smallest absolute Gasteiger partial charge is 0.226 e. The third-order valence-electron chi connectivity index (χ3n) is 4.12. The normalized spacial score (nSPS) is 11.9. The molecule has 0 aliphatic carbocycles. The van der Waals surface area contributed by atoms with Gasteiger partial charge in [0.2, 0.25) is 5.95 Å². The lowest BCUT2D eigenvalue weighted by molar-refractivity contribution is 0.468. The maximum Gasteiger partial charge on any atom is 0.226 e. The predicted molar refractivity (Wildman–Crippen MR) is 93.7 cm³/mol. The van der Waals surface area contributed by atoms with E-state index in [2.05, 4.69) is 62.9 Å². The monoisotopic (exact) mass is 306 g/mol. The first-order chi connectivity index (χ1) is 9.89. The zero-order chi connectivity index (χ0) is 15.6. The summed E-state index contributed by atoms with van der Waals surface area (Å²) in [5.74, 6) is 1.76. The SMILES string of the molecule is CCCNc1nc(N(C)C(C)(C)CC)c2cc(C)sc2n1. The maximum atomic E-state index is 4.78. The van der Waals surface area contributed by atoms with Gasteiger partial charge < -0.3 is 10.2 Å². The van der Waals surface area contributed by atoms with E-state index in [0.717, 1.165) is 41.4 Å². The van der Waals surface area contributed by atoms with Crippen molar-refractivity contribution >= 4 is 33.3 Å². The molecule has 2 rings (SSSR count). The van der Waals surface area contributed by atoms with Gasteiger partial charge in [-0.2, -0.15) is 4.98 Å². The van der Waals surface area contributed by atoms with Gasteiger partial charge in [0, 0.05) is 24.0 Å². The van der Waals surface area contributed by atoms with E-state index in [1.807, 2.05) is 0 Å². The Morgan fingerprint density at radius 2 is 2.00 bits per heavy atom. The molecule has 2 aromatic rings. The minimum Gasteiger partial charge on any atom is -0.354 e. The van der Waals surface area contributed by atoms with Crippen molar-refractivity contribution in [1.29, 1.82) is 0 Å². The van der Waals surface area contributed by atoms with Crippen LogP contribution in [0.15, 0.2) is 6.07 Å². The van der Waals surface area contributed by atoms with Crippen LogP contribution < -0.4 is 10.2 Å². The van der Waals surface area contributed by atoms with Gasteiger partial charge in [0.1, 0.15) is 10.6 Å². The fourth-order valence-corrected chi connectivity index (χ4v) is 3.00. The van der Waals surface area contributed by atoms with E-state index in [0.29, 0.717) is 0 Å². The van der Waals surface area contributed by atoms with E-state index in [9.17, 15) is 0 Å². The first-order valence-corrected chi connectivity index (χ1v) is 8.46. The summed E-state index contributed by atoms with van der Waals surface area (Å²) in [6.45, 7) is 11.9. The van der Waals surface area contributed by atoms with Crippen molar-refractivity contribution in [1.82, 2.24) is 9.97 Å². The average Bonchev–Trinajstić information content (AvgIpc) is 2.83. The zero-order valence-electron chi connectivity index (χ0n) is 13.9. The number of anilines is 2. The number of hydrogen-bond acceptors (Lipinski definition) is 5. The number of hydrogen-bond donors (Lipinski definition) is 1. The van der Waals surface area contributed by atoms with E-state index in [4.69, 9.17) is 4.98 Å². The molecular weight excluding hydrogens is 280 g/mol. The fraction of sp³-hybridized carbons (Fsp3) is 0.625. The van der Waals surface area contributed by atoms with Crippen LogP contribution in [0.3, 0.4) is 0 Å². The molecule has 0 radical (unpaired) electrons. The number of rotatable bonds is 6. The molecule has 1 N–H and O–H groups in total. The lowest BCUT2D eigenvalue weighted by Crippen LogP contribution is -2.41. The van der Waals surface area contributed by atoms with Crippen LogP contribution in [0.1, 0.15) is 45.4 Å². The molecule has 0 amide bonds. The minimum atomic E-state index is 0.0686. The van der Waals surface area contributed by atoms with Crippen molar-refractivity contribution in [2.24, 2.45) is 0 Å². The summed E-state index contributed by atoms with van der Waals surface area (Å²) < 4.78 is 0. The largest absolute Gasteiger partial charge is 0.354 e. The summed E-state index contributed by atoms with van der Waals surface area (Å²) in [6.07, 6.45) is 2.13. The van der Waals surface area contributed by atoms with E-state index in [-0.39, 0.29) is 5.54 Å². The number of nitrogens with one attached hydrogen (secondary N) is 1. The Morgan fingerprint density at radius 3 is 2.62 bits per heavy atom. The van der Waals surface area contributed by atoms with E-state index in [1.165, 1.54) is 4.88 Å². The molecule has 5 heteroatoms. The Bertz CT molecular complexity index is 618. The van der Waals surface area contributed by atoms with Crippen molar-refractivity contribution in [3.8, 4) is 0 Å². The fourth-order valence-electron chi connectivity index (χ4n) is 2.12. The Balaban J connectivity index is 2.53. The predicted octanol–water partition coefficient (Wildman–Crippen LogP) is 4.45. The summed E-state index contributed by atoms with van der Waals surface area (Å²) in [7, 11) is 2.13. The second-order valence-corrected chi connectivity index (χ2v) is 7.33. The Labute approximate surface area is 131 Å². The van der Waals surface area contributed by atoms with Crippen LogP contribution in [0, 0.1) is 6.92 Å². The molecule has 2 heterocycles. The van der Waals surface area contributed by atoms with Crippen molar-refractivity contribution in [3.05, 3.63) is 10.9 Å². The third kappa shape index (κ3) is 3.28. The summed E-state index contributed by atoms with van der Waals surface area (Å²) in [5, 5.41) is 4.47. The van der Waals surface area contributed by atoms with Gasteiger partial charge in [-0.3, -0.25) is 0 Å². The molecular formula is C16H26N4S. The Hall–Kier alpha value is -1.36. The number of aromatic nitrogens is 2. The lowest BCUT2D eigenvalue weighted by atomic mass is 10.00. The van der Waals surface area contributed by atoms with E-state index >= 15 is 0 Å². The van der Waals surface area contributed by atoms with Crippen LogP contribution in [0.2, 0.25) is 0 Å². The van der Waals surface area contributed by atoms with Gasteiger partial charge in [-0.1, -0.05) is 13.8 Å². The molecule has 116 valence electrons. The van der Waals surface area contributed by atoms with Crippen LogP contribution >= 0.6 is 11.3 Å². The second-order valence-electron chi connectivity index (χ2n) is 6.10. The number of nitrogens with zero attached hydrogens (tertiary/aromatic N) is 3. The molecule has 0 unspecified atom stereocenters. The maximum absolute atomic E-state index is 4.78. The molecule has 0 bridgehead atoms. The molecule has 0 aliphatic rings. The topological polar surface area (TPSA) is 41.1 Å². The van der Waals surface area contributed by atoms with Gasteiger partial charge in [0.15, 0.2) is 0 Å². The molecule has 21 heavy (non-hydrogen) atoms. The van der Waals surface area contributed by atoms with Crippen LogP contribution in [0.4, 0.5) is 11.8 Å². The van der Waals surface area contributed by atoms with Gasteiger partial charge in [-0.25, -0.2) is 4.98 Å². The highest BCUT2D eigenvalue weighted by molar-refractivity contribution is 7.18. The van der Waals surface area contributed by atoms with Crippen LogP contribution in [0.5, 0.6) is 0 Å². The summed E-state index contributed by atoms with van der Waals surface area (Å²) in [4.78, 5) is 14.0. The first-order valence-electron chi connectivity index (χ1n) is 7.65. The third-order valence-corrected chi connectivity index (χ3v) is 5.06.